The summed E-state index contributed by atoms with van der Waals surface area (Å²) >= 11 is 0. The van der Waals surface area contributed by atoms with Gasteiger partial charge in [-0.25, -0.2) is 4.79 Å². The average Bonchev–Trinajstić information content (AvgIpc) is 3.13. The monoisotopic (exact) mass is 820 g/mol. The number of aliphatic hydroxyl groups excluding tert-OH is 5. The summed E-state index contributed by atoms with van der Waals surface area (Å²) in [6.07, 6.45) is -9.05. The first-order valence-corrected chi connectivity index (χ1v) is 21.1. The van der Waals surface area contributed by atoms with E-state index >= 15 is 0 Å². The Bertz CT molecular complexity index is 1730. The zero-order chi connectivity index (χ0) is 42.9. The molecule has 1 heterocycles. The fourth-order valence-electron chi connectivity index (χ4n) is 13.8. The van der Waals surface area contributed by atoms with Gasteiger partial charge in [0.25, 0.3) is 0 Å². The lowest BCUT2D eigenvalue weighted by Crippen LogP contribution is -2.68. The maximum Gasteiger partial charge on any atom is 0.335 e. The highest BCUT2D eigenvalue weighted by molar-refractivity contribution is 5.95. The van der Waals surface area contributed by atoms with Crippen LogP contribution in [0.2, 0.25) is 0 Å². The van der Waals surface area contributed by atoms with Crippen LogP contribution < -0.4 is 0 Å². The van der Waals surface area contributed by atoms with Gasteiger partial charge in [0.2, 0.25) is 0 Å². The Labute approximate surface area is 339 Å². The summed E-state index contributed by atoms with van der Waals surface area (Å²) in [5, 5.41) is 83.6. The smallest absolute Gasteiger partial charge is 0.335 e. The molecule has 0 radical (unpaired) electrons. The predicted molar refractivity (Wildman–Crippen MR) is 203 cm³/mol. The van der Waals surface area contributed by atoms with E-state index in [4.69, 9.17) is 14.2 Å². The molecule has 4 unspecified atom stereocenters. The number of allylic oxidation sites excluding steroid dienone is 2. The number of carbonyl (C=O) groups excluding carboxylic acids is 1. The molecule has 0 aromatic carbocycles. The number of ether oxygens (including phenoxy) is 3. The molecule has 0 aromatic heterocycles. The van der Waals surface area contributed by atoms with Crippen LogP contribution >= 0.6 is 0 Å². The highest BCUT2D eigenvalue weighted by atomic mass is 16.7. The Hall–Kier alpha value is -2.50. The standard InChI is InChI=1S/C43H64O15/c1-38(2)24-8-11-43(7)33(22(44)17-20-21-18-40(4,37(54)55)13-12-39(21,3)14-15-42(20,43)6)41(24,5)10-9-25(38)57-36-32(30(49)29(48)31(58-36)35(52)53)56-23-16-19(34(50)51)26(45)28(47)27(23)46/h17,19,21,23-33,36,45-49H,8-16,18H2,1-7H3,(H,50,51)(H,52,53)(H,54,55)/t19?,21-,23+,24?,25-,26-,27+,28-,29+,30-,31?,32-,33?,36+,39+,40-,41-,42+,43+/m0/s1. The quantitative estimate of drug-likeness (QED) is 0.172. The molecule has 15 nitrogen and oxygen atoms in total. The van der Waals surface area contributed by atoms with Gasteiger partial charge in [-0.2, -0.15) is 0 Å². The van der Waals surface area contributed by atoms with Gasteiger partial charge in [-0.05, 0) is 116 Å². The number of carboxylic acid groups (broad SMARTS) is 3. The molecule has 19 atom stereocenters. The molecule has 0 spiro atoms. The molecular weight excluding hydrogens is 756 g/mol. The van der Waals surface area contributed by atoms with Crippen LogP contribution in [0.5, 0.6) is 0 Å². The van der Waals surface area contributed by atoms with E-state index in [1.807, 2.05) is 26.8 Å². The lowest BCUT2D eigenvalue weighted by Gasteiger charge is -2.70. The molecule has 6 aliphatic carbocycles. The van der Waals surface area contributed by atoms with Gasteiger partial charge >= 0.3 is 17.9 Å². The van der Waals surface area contributed by atoms with Crippen LogP contribution in [-0.4, -0.2) is 126 Å². The molecule has 58 heavy (non-hydrogen) atoms. The van der Waals surface area contributed by atoms with Crippen LogP contribution in [0.1, 0.15) is 113 Å². The number of ketones is 1. The topological polar surface area (TPSA) is 258 Å². The second-order valence-corrected chi connectivity index (χ2v) is 21.1. The van der Waals surface area contributed by atoms with Gasteiger partial charge in [-0.1, -0.05) is 47.1 Å². The Morgan fingerprint density at radius 2 is 1.40 bits per heavy atom. The molecule has 5 saturated carbocycles. The first-order chi connectivity index (χ1) is 26.8. The van der Waals surface area contributed by atoms with Gasteiger partial charge in [0.05, 0.1) is 29.6 Å². The van der Waals surface area contributed by atoms with Crippen molar-refractivity contribution in [1.29, 1.82) is 0 Å². The van der Waals surface area contributed by atoms with Crippen molar-refractivity contribution in [2.75, 3.05) is 0 Å². The molecule has 7 rings (SSSR count). The number of aliphatic hydroxyl groups is 5. The van der Waals surface area contributed by atoms with Crippen molar-refractivity contribution in [2.24, 2.45) is 56.2 Å². The maximum absolute atomic E-state index is 14.9. The number of carbonyl (C=O) groups is 4. The molecule has 1 aliphatic heterocycles. The van der Waals surface area contributed by atoms with Crippen LogP contribution in [0.3, 0.4) is 0 Å². The second-order valence-electron chi connectivity index (χ2n) is 21.1. The van der Waals surface area contributed by atoms with Crippen molar-refractivity contribution in [1.82, 2.24) is 0 Å². The van der Waals surface area contributed by atoms with Crippen LogP contribution in [0.4, 0.5) is 0 Å². The van der Waals surface area contributed by atoms with Gasteiger partial charge < -0.3 is 55.1 Å². The molecule has 326 valence electrons. The number of aliphatic carboxylic acids is 3. The lowest BCUT2D eigenvalue weighted by atomic mass is 9.33. The molecule has 0 aromatic rings. The second kappa shape index (κ2) is 14.3. The van der Waals surface area contributed by atoms with E-state index in [2.05, 4.69) is 27.7 Å². The van der Waals surface area contributed by atoms with Crippen molar-refractivity contribution in [2.45, 2.75) is 174 Å². The number of carboxylic acids is 3. The average molecular weight is 821 g/mol. The summed E-state index contributed by atoms with van der Waals surface area (Å²) in [5.74, 6) is -5.68. The van der Waals surface area contributed by atoms with Gasteiger partial charge in [-0.15, -0.1) is 0 Å². The number of hydrogen-bond acceptors (Lipinski definition) is 12. The first-order valence-electron chi connectivity index (χ1n) is 21.1. The largest absolute Gasteiger partial charge is 0.481 e. The van der Waals surface area contributed by atoms with E-state index in [9.17, 15) is 60.0 Å². The summed E-state index contributed by atoms with van der Waals surface area (Å²) in [4.78, 5) is 51.5. The van der Waals surface area contributed by atoms with Crippen LogP contribution in [0, 0.1) is 56.2 Å². The summed E-state index contributed by atoms with van der Waals surface area (Å²) in [6, 6.07) is 0. The van der Waals surface area contributed by atoms with Gasteiger partial charge in [0.1, 0.15) is 30.5 Å². The molecule has 0 amide bonds. The number of fused-ring (bicyclic) bond motifs is 7. The van der Waals surface area contributed by atoms with Crippen LogP contribution in [0.25, 0.3) is 0 Å². The summed E-state index contributed by atoms with van der Waals surface area (Å²) in [5.41, 5.74) is -1.71. The SMILES string of the molecule is CC1(C)C2CC[C@]3(C)C(C(=O)C=C4[C@@H]5C[C@@](C)(C(=O)O)CC[C@]5(C)CC[C@]43C)[C@@]2(C)CC[C@@H]1O[C@@H]1OC(C(=O)O)[C@H](O)[C@H](O)[C@@H]1O[C@@H]1CC(C(=O)O)[C@H](O)[C@H](O)[C@@H]1O. The fraction of sp³-hybridized carbons (Fsp3) is 0.860. The Kier molecular flexibility index (Phi) is 10.7. The molecule has 8 N–H and O–H groups in total. The Morgan fingerprint density at radius 1 is 0.741 bits per heavy atom. The Balaban J connectivity index is 1.17. The van der Waals surface area contributed by atoms with Crippen molar-refractivity contribution in [3.63, 3.8) is 0 Å². The number of hydrogen-bond donors (Lipinski definition) is 8. The fourth-order valence-corrected chi connectivity index (χ4v) is 13.8. The van der Waals surface area contributed by atoms with Gasteiger partial charge in [0.15, 0.2) is 18.2 Å². The van der Waals surface area contributed by atoms with E-state index in [0.29, 0.717) is 25.7 Å². The molecule has 7 aliphatic rings. The lowest BCUT2D eigenvalue weighted by molar-refractivity contribution is -0.341. The third kappa shape index (κ3) is 6.26. The molecular formula is C43H64O15. The normalized spacial score (nSPS) is 52.6. The highest BCUT2D eigenvalue weighted by Crippen LogP contribution is 2.75. The molecule has 15 heteroatoms. The summed E-state index contributed by atoms with van der Waals surface area (Å²) in [7, 11) is 0. The minimum atomic E-state index is -1.99. The van der Waals surface area contributed by atoms with Crippen molar-refractivity contribution < 1.29 is 74.2 Å². The van der Waals surface area contributed by atoms with Crippen molar-refractivity contribution >= 4 is 23.7 Å². The minimum absolute atomic E-state index is 0.0128. The third-order valence-electron chi connectivity index (χ3n) is 17.7. The first kappa shape index (κ1) is 43.6. The maximum atomic E-state index is 14.9. The van der Waals surface area contributed by atoms with Gasteiger partial charge in [0, 0.05) is 5.92 Å². The summed E-state index contributed by atoms with van der Waals surface area (Å²) < 4.78 is 18.4. The third-order valence-corrected chi connectivity index (χ3v) is 17.7. The van der Waals surface area contributed by atoms with Crippen LogP contribution in [-0.2, 0) is 33.4 Å². The number of rotatable bonds is 7. The molecule has 1 saturated heterocycles. The van der Waals surface area contributed by atoms with E-state index in [1.54, 1.807) is 0 Å². The van der Waals surface area contributed by atoms with Crippen molar-refractivity contribution in [3.05, 3.63) is 11.6 Å². The van der Waals surface area contributed by atoms with E-state index in [0.717, 1.165) is 37.7 Å². The molecule has 0 bridgehead atoms. The van der Waals surface area contributed by atoms with Gasteiger partial charge in [-0.3, -0.25) is 14.4 Å². The predicted octanol–water partition coefficient (Wildman–Crippen LogP) is 2.91. The summed E-state index contributed by atoms with van der Waals surface area (Å²) in [6.45, 7) is 14.9. The van der Waals surface area contributed by atoms with Crippen LogP contribution in [0.15, 0.2) is 11.6 Å². The minimum Gasteiger partial charge on any atom is -0.481 e. The van der Waals surface area contributed by atoms with E-state index in [-0.39, 0.29) is 34.4 Å². The Morgan fingerprint density at radius 3 is 2.02 bits per heavy atom. The van der Waals surface area contributed by atoms with Crippen molar-refractivity contribution in [3.8, 4) is 0 Å². The highest BCUT2D eigenvalue weighted by Gasteiger charge is 2.71. The molecule has 6 fully saturated rings. The van der Waals surface area contributed by atoms with E-state index in [1.165, 1.54) is 0 Å². The van der Waals surface area contributed by atoms with E-state index < -0.39 is 113 Å². The zero-order valence-electron chi connectivity index (χ0n) is 34.7. The zero-order valence-corrected chi connectivity index (χ0v) is 34.7.